The van der Waals surface area contributed by atoms with Crippen LogP contribution in [0.1, 0.15) is 73.8 Å². The van der Waals surface area contributed by atoms with Crippen LogP contribution in [-0.2, 0) is 12.8 Å². The first kappa shape index (κ1) is 21.8. The van der Waals surface area contributed by atoms with Crippen LogP contribution in [0.4, 0.5) is 10.5 Å². The number of hydrogen-bond donors (Lipinski definition) is 2. The van der Waals surface area contributed by atoms with E-state index < -0.39 is 6.09 Å². The zero-order chi connectivity index (χ0) is 23.9. The topological polar surface area (TPSA) is 113 Å². The highest BCUT2D eigenvalue weighted by molar-refractivity contribution is 5.94. The Labute approximate surface area is 203 Å². The van der Waals surface area contributed by atoms with Crippen LogP contribution in [0.15, 0.2) is 42.5 Å². The van der Waals surface area contributed by atoms with Crippen LogP contribution in [0.5, 0.6) is 0 Å². The maximum atomic E-state index is 12.1. The molecular formula is C26H29N7O2. The number of amides is 1. The monoisotopic (exact) mass is 471 g/mol. The molecule has 3 atom stereocenters. The fourth-order valence-corrected chi connectivity index (χ4v) is 6.03. The van der Waals surface area contributed by atoms with Crippen molar-refractivity contribution in [2.45, 2.75) is 69.9 Å². The molecule has 9 nitrogen and oxygen atoms in total. The second kappa shape index (κ2) is 8.79. The summed E-state index contributed by atoms with van der Waals surface area (Å²) in [6.45, 7) is 1.97. The van der Waals surface area contributed by atoms with Crippen LogP contribution >= 0.6 is 0 Å². The number of anilines is 1. The van der Waals surface area contributed by atoms with E-state index in [1.165, 1.54) is 10.5 Å². The Kier molecular flexibility index (Phi) is 5.47. The number of imidazole rings is 1. The first-order valence-electron chi connectivity index (χ1n) is 12.4. The SMILES string of the molecule is CC1CCc2c(ccc3c2nc(Cc2ccccc2)n3[C@H]2CCC[C@H](c3nnn[nH]3)C2)N1C(=O)O. The number of tetrazole rings is 1. The third kappa shape index (κ3) is 3.84. The smallest absolute Gasteiger partial charge is 0.412 e. The van der Waals surface area contributed by atoms with Gasteiger partial charge in [-0.1, -0.05) is 36.8 Å². The molecule has 1 saturated carbocycles. The molecular weight excluding hydrogens is 442 g/mol. The lowest BCUT2D eigenvalue weighted by Crippen LogP contribution is -2.41. The number of rotatable bonds is 4. The fourth-order valence-electron chi connectivity index (χ4n) is 6.03. The van der Waals surface area contributed by atoms with E-state index in [4.69, 9.17) is 4.98 Å². The molecule has 2 aromatic carbocycles. The summed E-state index contributed by atoms with van der Waals surface area (Å²) < 4.78 is 2.42. The number of nitrogens with one attached hydrogen (secondary N) is 1. The number of aromatic amines is 1. The summed E-state index contributed by atoms with van der Waals surface area (Å²) in [5.74, 6) is 2.17. The van der Waals surface area contributed by atoms with Gasteiger partial charge in [-0.15, -0.1) is 5.10 Å². The average molecular weight is 472 g/mol. The lowest BCUT2D eigenvalue weighted by atomic mass is 9.85. The number of aromatic nitrogens is 6. The minimum atomic E-state index is -0.905. The second-order valence-electron chi connectivity index (χ2n) is 9.84. The van der Waals surface area contributed by atoms with Crippen molar-refractivity contribution >= 4 is 22.8 Å². The van der Waals surface area contributed by atoms with Gasteiger partial charge in [0.25, 0.3) is 0 Å². The van der Waals surface area contributed by atoms with E-state index in [0.29, 0.717) is 0 Å². The summed E-state index contributed by atoms with van der Waals surface area (Å²) in [6, 6.07) is 14.7. The summed E-state index contributed by atoms with van der Waals surface area (Å²) in [6.07, 6.45) is 5.62. The van der Waals surface area contributed by atoms with Gasteiger partial charge in [0, 0.05) is 30.0 Å². The van der Waals surface area contributed by atoms with Crippen molar-refractivity contribution in [1.82, 2.24) is 30.2 Å². The van der Waals surface area contributed by atoms with Crippen LogP contribution in [0.3, 0.4) is 0 Å². The average Bonchev–Trinajstić information content (AvgIpc) is 3.52. The van der Waals surface area contributed by atoms with E-state index >= 15 is 0 Å². The zero-order valence-corrected chi connectivity index (χ0v) is 19.8. The highest BCUT2D eigenvalue weighted by atomic mass is 16.4. The number of nitrogens with zero attached hydrogens (tertiary/aromatic N) is 6. The lowest BCUT2D eigenvalue weighted by Gasteiger charge is -2.33. The largest absolute Gasteiger partial charge is 0.465 e. The predicted molar refractivity (Wildman–Crippen MR) is 132 cm³/mol. The molecule has 4 aromatic rings. The lowest BCUT2D eigenvalue weighted by molar-refractivity contribution is 0.198. The van der Waals surface area contributed by atoms with Crippen LogP contribution in [0.2, 0.25) is 0 Å². The number of H-pyrrole nitrogens is 1. The molecule has 1 unspecified atom stereocenters. The number of fused-ring (bicyclic) bond motifs is 3. The minimum Gasteiger partial charge on any atom is -0.465 e. The first-order valence-corrected chi connectivity index (χ1v) is 12.4. The predicted octanol–water partition coefficient (Wildman–Crippen LogP) is 4.86. The molecule has 0 bridgehead atoms. The maximum absolute atomic E-state index is 12.1. The normalized spacial score (nSPS) is 22.3. The van der Waals surface area contributed by atoms with E-state index in [-0.39, 0.29) is 18.0 Å². The van der Waals surface area contributed by atoms with Gasteiger partial charge in [-0.05, 0) is 67.2 Å². The van der Waals surface area contributed by atoms with Crippen molar-refractivity contribution in [3.63, 3.8) is 0 Å². The van der Waals surface area contributed by atoms with Gasteiger partial charge in [-0.3, -0.25) is 4.90 Å². The molecule has 2 N–H and O–H groups in total. The molecule has 180 valence electrons. The van der Waals surface area contributed by atoms with Gasteiger partial charge < -0.3 is 9.67 Å². The molecule has 0 spiro atoms. The molecule has 9 heteroatoms. The summed E-state index contributed by atoms with van der Waals surface area (Å²) in [7, 11) is 0. The Bertz CT molecular complexity index is 1350. The molecule has 2 aromatic heterocycles. The number of carboxylic acid groups (broad SMARTS) is 1. The summed E-state index contributed by atoms with van der Waals surface area (Å²) in [5, 5.41) is 24.6. The van der Waals surface area contributed by atoms with Gasteiger partial charge in [0.2, 0.25) is 0 Å². The van der Waals surface area contributed by atoms with Gasteiger partial charge in [0.1, 0.15) is 5.82 Å². The van der Waals surface area contributed by atoms with E-state index in [2.05, 4.69) is 55.5 Å². The minimum absolute atomic E-state index is 0.0436. The molecule has 2 aliphatic rings. The molecule has 1 fully saturated rings. The van der Waals surface area contributed by atoms with E-state index in [1.54, 1.807) is 0 Å². The van der Waals surface area contributed by atoms with Gasteiger partial charge >= 0.3 is 6.09 Å². The molecule has 0 saturated heterocycles. The molecule has 6 rings (SSSR count). The Morgan fingerprint density at radius 2 is 2.00 bits per heavy atom. The van der Waals surface area contributed by atoms with Gasteiger partial charge in [-0.25, -0.2) is 14.9 Å². The fraction of sp³-hybridized carbons (Fsp3) is 0.423. The Hall–Kier alpha value is -3.75. The molecule has 1 amide bonds. The summed E-state index contributed by atoms with van der Waals surface area (Å²) in [5.41, 5.74) is 5.06. The Morgan fingerprint density at radius 3 is 2.77 bits per heavy atom. The quantitative estimate of drug-likeness (QED) is 0.440. The van der Waals surface area contributed by atoms with Gasteiger partial charge in [-0.2, -0.15) is 0 Å². The zero-order valence-electron chi connectivity index (χ0n) is 19.8. The molecule has 1 aliphatic carbocycles. The van der Waals surface area contributed by atoms with Crippen molar-refractivity contribution < 1.29 is 9.90 Å². The number of benzene rings is 2. The highest BCUT2D eigenvalue weighted by Crippen LogP contribution is 2.42. The summed E-state index contributed by atoms with van der Waals surface area (Å²) >= 11 is 0. The molecule has 3 heterocycles. The van der Waals surface area contributed by atoms with Crippen LogP contribution in [-0.4, -0.2) is 47.4 Å². The maximum Gasteiger partial charge on any atom is 0.412 e. The van der Waals surface area contributed by atoms with Gasteiger partial charge in [0.05, 0.1) is 16.7 Å². The third-order valence-electron chi connectivity index (χ3n) is 7.70. The van der Waals surface area contributed by atoms with Crippen molar-refractivity contribution in [3.05, 3.63) is 65.2 Å². The van der Waals surface area contributed by atoms with Crippen LogP contribution in [0.25, 0.3) is 11.0 Å². The van der Waals surface area contributed by atoms with Crippen LogP contribution in [0, 0.1) is 0 Å². The van der Waals surface area contributed by atoms with E-state index in [0.717, 1.165) is 78.9 Å². The van der Waals surface area contributed by atoms with Gasteiger partial charge in [0.15, 0.2) is 5.82 Å². The molecule has 1 aliphatic heterocycles. The van der Waals surface area contributed by atoms with Crippen LogP contribution < -0.4 is 4.90 Å². The van der Waals surface area contributed by atoms with E-state index in [9.17, 15) is 9.90 Å². The standard InChI is InChI=1S/C26H29N7O2/c1-16-10-11-20-21(32(16)26(34)35)12-13-22-24(20)27-23(14-17-6-3-2-4-7-17)33(22)19-9-5-8-18(15-19)25-28-30-31-29-25/h2-4,6-7,12-13,16,18-19H,5,8-11,14-15H2,1H3,(H,34,35)(H,28,29,30,31)/t16?,18-,19-/m0/s1. The summed E-state index contributed by atoms with van der Waals surface area (Å²) in [4.78, 5) is 18.8. The Morgan fingerprint density at radius 1 is 1.14 bits per heavy atom. The highest BCUT2D eigenvalue weighted by Gasteiger charge is 2.33. The number of carbonyl (C=O) groups is 1. The van der Waals surface area contributed by atoms with E-state index in [1.807, 2.05) is 19.1 Å². The van der Waals surface area contributed by atoms with Crippen molar-refractivity contribution in [2.75, 3.05) is 4.90 Å². The molecule has 35 heavy (non-hydrogen) atoms. The molecule has 0 radical (unpaired) electrons. The van der Waals surface area contributed by atoms with Crippen molar-refractivity contribution in [3.8, 4) is 0 Å². The van der Waals surface area contributed by atoms with Crippen molar-refractivity contribution in [2.24, 2.45) is 0 Å². The third-order valence-corrected chi connectivity index (χ3v) is 7.70. The number of aryl methyl sites for hydroxylation is 1. The second-order valence-corrected chi connectivity index (χ2v) is 9.84. The first-order chi connectivity index (χ1) is 17.1. The number of hydrogen-bond acceptors (Lipinski definition) is 5. The van der Waals surface area contributed by atoms with Crippen molar-refractivity contribution in [1.29, 1.82) is 0 Å². The Balaban J connectivity index is 1.48.